The number of hydrogen-bond donors (Lipinski definition) is 0. The molecule has 0 N–H and O–H groups in total. The minimum Gasteiger partial charge on any atom is -0.465 e. The Kier molecular flexibility index (Phi) is 5.72. The lowest BCUT2D eigenvalue weighted by Crippen LogP contribution is -2.13. The summed E-state index contributed by atoms with van der Waals surface area (Å²) >= 11 is 6.07. The summed E-state index contributed by atoms with van der Waals surface area (Å²) in [5, 5.41) is 1.79. The first kappa shape index (κ1) is 19.1. The quantitative estimate of drug-likeness (QED) is 0.478. The molecule has 2 aromatic carbocycles. The molecule has 0 spiro atoms. The molecule has 3 aromatic rings. The van der Waals surface area contributed by atoms with E-state index in [2.05, 4.69) is 35.0 Å². The van der Waals surface area contributed by atoms with E-state index in [1.807, 2.05) is 12.1 Å². The fraction of sp³-hybridized carbons (Fsp3) is 0.375. The Balaban J connectivity index is 1.57. The minimum absolute atomic E-state index is 0.350. The normalized spacial score (nSPS) is 15.1. The molecule has 0 amide bonds. The number of ether oxygens (including phenoxy) is 1. The van der Waals surface area contributed by atoms with Crippen molar-refractivity contribution in [2.45, 2.75) is 45.1 Å². The van der Waals surface area contributed by atoms with Crippen LogP contribution < -0.4 is 0 Å². The summed E-state index contributed by atoms with van der Waals surface area (Å²) in [6, 6.07) is 14.2. The van der Waals surface area contributed by atoms with Gasteiger partial charge in [0.2, 0.25) is 0 Å². The van der Waals surface area contributed by atoms with E-state index < -0.39 is 0 Å². The molecule has 1 saturated carbocycles. The molecule has 0 aliphatic heterocycles. The maximum atomic E-state index is 12.1. The molecule has 0 atom stereocenters. The predicted octanol–water partition coefficient (Wildman–Crippen LogP) is 6.25. The van der Waals surface area contributed by atoms with Gasteiger partial charge < -0.3 is 9.30 Å². The van der Waals surface area contributed by atoms with Gasteiger partial charge in [-0.3, -0.25) is 0 Å². The van der Waals surface area contributed by atoms with Crippen LogP contribution in [0.1, 0.15) is 53.6 Å². The molecule has 0 bridgehead atoms. The number of fused-ring (bicyclic) bond motifs is 1. The molecule has 0 saturated heterocycles. The number of carbonyl (C=O) groups is 1. The largest absolute Gasteiger partial charge is 0.465 e. The lowest BCUT2D eigenvalue weighted by molar-refractivity contribution is 0.0599. The Morgan fingerprint density at radius 3 is 2.71 bits per heavy atom. The van der Waals surface area contributed by atoms with E-state index in [4.69, 9.17) is 16.3 Å². The zero-order valence-corrected chi connectivity index (χ0v) is 17.0. The number of esters is 1. The second-order valence-corrected chi connectivity index (χ2v) is 8.27. The highest BCUT2D eigenvalue weighted by atomic mass is 35.5. The van der Waals surface area contributed by atoms with Gasteiger partial charge in [-0.1, -0.05) is 43.0 Å². The van der Waals surface area contributed by atoms with Crippen LogP contribution in [0.2, 0.25) is 5.02 Å². The third-order valence-corrected chi connectivity index (χ3v) is 6.12. The molecule has 1 fully saturated rings. The topological polar surface area (TPSA) is 31.2 Å². The number of carbonyl (C=O) groups excluding carboxylic acids is 1. The SMILES string of the molecule is COC(=O)c1cc(Cl)ccc1Cc1ccc2c(ccn2CC2CCCCC2)c1. The van der Waals surface area contributed by atoms with Gasteiger partial charge in [0.05, 0.1) is 12.7 Å². The van der Waals surface area contributed by atoms with Crippen molar-refractivity contribution in [3.8, 4) is 0 Å². The van der Waals surface area contributed by atoms with Crippen LogP contribution in [-0.2, 0) is 17.7 Å². The Morgan fingerprint density at radius 2 is 1.93 bits per heavy atom. The summed E-state index contributed by atoms with van der Waals surface area (Å²) in [7, 11) is 1.40. The van der Waals surface area contributed by atoms with Crippen molar-refractivity contribution in [2.75, 3.05) is 7.11 Å². The number of hydrogen-bond acceptors (Lipinski definition) is 2. The number of halogens is 1. The van der Waals surface area contributed by atoms with E-state index in [1.165, 1.54) is 55.7 Å². The number of benzene rings is 2. The highest BCUT2D eigenvalue weighted by Gasteiger charge is 2.16. The Hall–Kier alpha value is -2.26. The monoisotopic (exact) mass is 395 g/mol. The average Bonchev–Trinajstić information content (AvgIpc) is 3.11. The minimum atomic E-state index is -0.350. The smallest absolute Gasteiger partial charge is 0.338 e. The van der Waals surface area contributed by atoms with Gasteiger partial charge in [0.15, 0.2) is 0 Å². The second-order valence-electron chi connectivity index (χ2n) is 7.84. The molecular weight excluding hydrogens is 370 g/mol. The molecule has 1 aliphatic rings. The predicted molar refractivity (Wildman–Crippen MR) is 114 cm³/mol. The highest BCUT2D eigenvalue weighted by molar-refractivity contribution is 6.31. The van der Waals surface area contributed by atoms with E-state index in [1.54, 1.807) is 6.07 Å². The Bertz CT molecular complexity index is 985. The molecule has 0 unspecified atom stereocenters. The van der Waals surface area contributed by atoms with E-state index in [9.17, 15) is 4.79 Å². The lowest BCUT2D eigenvalue weighted by atomic mass is 9.89. The van der Waals surface area contributed by atoms with Crippen molar-refractivity contribution in [2.24, 2.45) is 5.92 Å². The fourth-order valence-corrected chi connectivity index (χ4v) is 4.56. The van der Waals surface area contributed by atoms with Gasteiger partial charge in [-0.15, -0.1) is 0 Å². The first-order valence-electron chi connectivity index (χ1n) is 10.1. The molecule has 3 nitrogen and oxygen atoms in total. The van der Waals surface area contributed by atoms with E-state index in [-0.39, 0.29) is 5.97 Å². The van der Waals surface area contributed by atoms with Gasteiger partial charge in [-0.25, -0.2) is 4.79 Å². The lowest BCUT2D eigenvalue weighted by Gasteiger charge is -2.22. The van der Waals surface area contributed by atoms with Gasteiger partial charge in [-0.05, 0) is 72.0 Å². The van der Waals surface area contributed by atoms with Gasteiger partial charge in [0.1, 0.15) is 0 Å². The molecular formula is C24H26ClNO2. The van der Waals surface area contributed by atoms with Gasteiger partial charge in [-0.2, -0.15) is 0 Å². The second kappa shape index (κ2) is 8.40. The summed E-state index contributed by atoms with van der Waals surface area (Å²) in [4.78, 5) is 12.1. The molecule has 1 heterocycles. The number of methoxy groups -OCH3 is 1. The van der Waals surface area contributed by atoms with Crippen molar-refractivity contribution >= 4 is 28.5 Å². The number of rotatable bonds is 5. The summed E-state index contributed by atoms with van der Waals surface area (Å²) < 4.78 is 7.31. The summed E-state index contributed by atoms with van der Waals surface area (Å²) in [5.74, 6) is 0.456. The zero-order chi connectivity index (χ0) is 19.5. The molecule has 0 radical (unpaired) electrons. The maximum Gasteiger partial charge on any atom is 0.338 e. The zero-order valence-electron chi connectivity index (χ0n) is 16.3. The summed E-state index contributed by atoms with van der Waals surface area (Å²) in [6.07, 6.45) is 9.73. The third kappa shape index (κ3) is 4.10. The van der Waals surface area contributed by atoms with Crippen molar-refractivity contribution in [1.82, 2.24) is 4.57 Å². The maximum absolute atomic E-state index is 12.1. The van der Waals surface area contributed by atoms with Crippen LogP contribution in [0, 0.1) is 5.92 Å². The first-order chi connectivity index (χ1) is 13.6. The van der Waals surface area contributed by atoms with Crippen LogP contribution in [0.5, 0.6) is 0 Å². The van der Waals surface area contributed by atoms with E-state index >= 15 is 0 Å². The molecule has 28 heavy (non-hydrogen) atoms. The van der Waals surface area contributed by atoms with E-state index in [0.717, 1.165) is 18.0 Å². The van der Waals surface area contributed by atoms with Crippen molar-refractivity contribution < 1.29 is 9.53 Å². The highest BCUT2D eigenvalue weighted by Crippen LogP contribution is 2.28. The van der Waals surface area contributed by atoms with Crippen molar-refractivity contribution in [3.63, 3.8) is 0 Å². The Morgan fingerprint density at radius 1 is 1.11 bits per heavy atom. The van der Waals surface area contributed by atoms with Crippen LogP contribution >= 0.6 is 11.6 Å². The Labute approximate surface area is 171 Å². The molecule has 1 aliphatic carbocycles. The van der Waals surface area contributed by atoms with Crippen LogP contribution in [0.3, 0.4) is 0 Å². The third-order valence-electron chi connectivity index (χ3n) is 5.89. The molecule has 146 valence electrons. The van der Waals surface area contributed by atoms with Crippen LogP contribution in [0.4, 0.5) is 0 Å². The fourth-order valence-electron chi connectivity index (χ4n) is 4.39. The van der Waals surface area contributed by atoms with Crippen molar-refractivity contribution in [3.05, 3.63) is 70.4 Å². The van der Waals surface area contributed by atoms with Crippen LogP contribution in [-0.4, -0.2) is 17.6 Å². The standard InChI is InChI=1S/C24H26ClNO2/c1-28-24(27)22-15-21(25)9-8-19(22)13-18-7-10-23-20(14-18)11-12-26(23)16-17-5-3-2-4-6-17/h7-12,14-15,17H,2-6,13,16H2,1H3. The van der Waals surface area contributed by atoms with Gasteiger partial charge >= 0.3 is 5.97 Å². The van der Waals surface area contributed by atoms with E-state index in [0.29, 0.717) is 17.0 Å². The van der Waals surface area contributed by atoms with Gasteiger partial charge in [0, 0.05) is 23.3 Å². The van der Waals surface area contributed by atoms with Crippen LogP contribution in [0.15, 0.2) is 48.7 Å². The number of aromatic nitrogens is 1. The average molecular weight is 396 g/mol. The van der Waals surface area contributed by atoms with Crippen molar-refractivity contribution in [1.29, 1.82) is 0 Å². The van der Waals surface area contributed by atoms with Crippen LogP contribution in [0.25, 0.3) is 10.9 Å². The molecule has 4 rings (SSSR count). The summed E-state index contributed by atoms with van der Waals surface area (Å²) in [6.45, 7) is 1.12. The summed E-state index contributed by atoms with van der Waals surface area (Å²) in [5.41, 5.74) is 3.93. The molecule has 1 aromatic heterocycles. The first-order valence-corrected chi connectivity index (χ1v) is 10.5. The number of nitrogens with zero attached hydrogens (tertiary/aromatic N) is 1. The van der Waals surface area contributed by atoms with Gasteiger partial charge in [0.25, 0.3) is 0 Å². The molecule has 4 heteroatoms.